The van der Waals surface area contributed by atoms with Crippen LogP contribution in [-0.2, 0) is 17.4 Å². The van der Waals surface area contributed by atoms with Gasteiger partial charge in [-0.25, -0.2) is 17.9 Å². The fraction of sp³-hybridized carbons (Fsp3) is 0.429. The summed E-state index contributed by atoms with van der Waals surface area (Å²) in [5.74, 6) is -4.01. The van der Waals surface area contributed by atoms with Gasteiger partial charge in [-0.2, -0.15) is 5.10 Å². The molecule has 0 radical (unpaired) electrons. The van der Waals surface area contributed by atoms with Crippen LogP contribution in [0.4, 0.5) is 19.0 Å². The fourth-order valence-corrected chi connectivity index (χ4v) is 6.07. The van der Waals surface area contributed by atoms with E-state index in [1.54, 1.807) is 28.0 Å². The highest BCUT2D eigenvalue weighted by atomic mass is 19.1. The summed E-state index contributed by atoms with van der Waals surface area (Å²) in [6.45, 7) is 4.53. The van der Waals surface area contributed by atoms with E-state index >= 15 is 0 Å². The minimum absolute atomic E-state index is 0.0111. The minimum Gasteiger partial charge on any atom is -0.384 e. The third kappa shape index (κ3) is 4.80. The van der Waals surface area contributed by atoms with Gasteiger partial charge in [-0.1, -0.05) is 26.0 Å². The number of halogens is 3. The third-order valence-corrected chi connectivity index (χ3v) is 8.20. The van der Waals surface area contributed by atoms with Gasteiger partial charge in [0.1, 0.15) is 23.3 Å². The molecule has 2 saturated heterocycles. The highest BCUT2D eigenvalue weighted by molar-refractivity contribution is 5.82. The largest absolute Gasteiger partial charge is 0.384 e. The third-order valence-electron chi connectivity index (χ3n) is 8.20. The van der Waals surface area contributed by atoms with Crippen LogP contribution in [-0.4, -0.2) is 56.9 Å². The van der Waals surface area contributed by atoms with Crippen molar-refractivity contribution in [2.45, 2.75) is 25.4 Å². The molecule has 8 nitrogen and oxygen atoms in total. The van der Waals surface area contributed by atoms with Crippen LogP contribution in [0, 0.1) is 35.2 Å². The lowest BCUT2D eigenvalue weighted by molar-refractivity contribution is -0.152. The zero-order valence-electron chi connectivity index (χ0n) is 21.9. The van der Waals surface area contributed by atoms with Gasteiger partial charge >= 0.3 is 0 Å². The molecule has 5 rings (SSSR count). The number of aliphatic hydroxyl groups is 1. The minimum atomic E-state index is -1.27. The highest BCUT2D eigenvalue weighted by Gasteiger charge is 2.49. The molecule has 3 aromatic rings. The standard InChI is InChI=1S/C28H30F3N5O3/c1-16-12-36(13-17(2)28(16,39)18-4-6-19(29)7-5-18)27(38)22-15-35(24-8-9-25(37)34(3)33-24)14-21(22)26-23(31)10-20(30)11-32-26/h4-11,16-17,21-22,39H,12-15H2,1-3H3. The normalized spacial score (nSPS) is 27.2. The Bertz CT molecular complexity index is 1440. The van der Waals surface area contributed by atoms with Gasteiger partial charge in [-0.15, -0.1) is 0 Å². The molecule has 0 aliphatic carbocycles. The molecule has 1 amide bonds. The summed E-state index contributed by atoms with van der Waals surface area (Å²) in [4.78, 5) is 33.3. The maximum atomic E-state index is 14.9. The number of piperidine rings is 1. The maximum absolute atomic E-state index is 14.9. The van der Waals surface area contributed by atoms with Gasteiger partial charge in [0, 0.05) is 63.1 Å². The molecule has 206 valence electrons. The van der Waals surface area contributed by atoms with Gasteiger partial charge in [0.2, 0.25) is 5.91 Å². The molecule has 39 heavy (non-hydrogen) atoms. The van der Waals surface area contributed by atoms with Crippen molar-refractivity contribution in [1.82, 2.24) is 19.7 Å². The predicted molar refractivity (Wildman–Crippen MR) is 137 cm³/mol. The molecule has 2 aliphatic rings. The summed E-state index contributed by atoms with van der Waals surface area (Å²) in [6.07, 6.45) is 0.931. The molecule has 0 saturated carbocycles. The number of aromatic nitrogens is 3. The van der Waals surface area contributed by atoms with Crippen molar-refractivity contribution in [3.63, 3.8) is 0 Å². The van der Waals surface area contributed by atoms with E-state index in [2.05, 4.69) is 10.1 Å². The molecule has 4 heterocycles. The molecule has 1 aromatic carbocycles. The van der Waals surface area contributed by atoms with Gasteiger partial charge in [0.15, 0.2) is 0 Å². The van der Waals surface area contributed by atoms with E-state index in [0.29, 0.717) is 11.4 Å². The lowest BCUT2D eigenvalue weighted by atomic mass is 9.70. The Balaban J connectivity index is 1.44. The molecular weight excluding hydrogens is 511 g/mol. The number of carbonyl (C=O) groups excluding carboxylic acids is 1. The van der Waals surface area contributed by atoms with Gasteiger partial charge < -0.3 is 14.9 Å². The number of carbonyl (C=O) groups is 1. The Morgan fingerprint density at radius 3 is 2.26 bits per heavy atom. The van der Waals surface area contributed by atoms with Gasteiger partial charge in [-0.3, -0.25) is 14.6 Å². The first-order valence-electron chi connectivity index (χ1n) is 12.9. The number of amides is 1. The Hall–Kier alpha value is -3.73. The van der Waals surface area contributed by atoms with Crippen LogP contribution in [0.5, 0.6) is 0 Å². The maximum Gasteiger partial charge on any atom is 0.266 e. The van der Waals surface area contributed by atoms with Crippen LogP contribution >= 0.6 is 0 Å². The lowest BCUT2D eigenvalue weighted by Gasteiger charge is -2.48. The number of benzene rings is 1. The molecule has 2 aromatic heterocycles. The zero-order valence-corrected chi connectivity index (χ0v) is 21.9. The Labute approximate surface area is 223 Å². The van der Waals surface area contributed by atoms with Crippen molar-refractivity contribution in [2.75, 3.05) is 31.1 Å². The second-order valence-corrected chi connectivity index (χ2v) is 10.7. The van der Waals surface area contributed by atoms with Crippen LogP contribution in [0.15, 0.2) is 53.5 Å². The average Bonchev–Trinajstić information content (AvgIpc) is 3.33. The molecule has 0 spiro atoms. The van der Waals surface area contributed by atoms with Crippen molar-refractivity contribution in [1.29, 1.82) is 0 Å². The van der Waals surface area contributed by atoms with E-state index in [0.717, 1.165) is 12.3 Å². The van der Waals surface area contributed by atoms with Crippen molar-refractivity contribution < 1.29 is 23.1 Å². The second kappa shape index (κ2) is 10.1. The SMILES string of the molecule is CC1CN(C(=O)C2CN(c3ccc(=O)n(C)n3)CC2c2ncc(F)cc2F)CC(C)C1(O)c1ccc(F)cc1. The summed E-state index contributed by atoms with van der Waals surface area (Å²) in [5.41, 5.74) is -0.991. The van der Waals surface area contributed by atoms with E-state index in [-0.39, 0.29) is 55.2 Å². The van der Waals surface area contributed by atoms with E-state index in [9.17, 15) is 27.9 Å². The molecule has 2 fully saturated rings. The van der Waals surface area contributed by atoms with Gasteiger partial charge in [-0.05, 0) is 23.8 Å². The van der Waals surface area contributed by atoms with E-state index in [1.807, 2.05) is 13.8 Å². The summed E-state index contributed by atoms with van der Waals surface area (Å²) in [5, 5.41) is 15.9. The molecule has 4 atom stereocenters. The second-order valence-electron chi connectivity index (χ2n) is 10.7. The first-order valence-corrected chi connectivity index (χ1v) is 12.9. The average molecular weight is 542 g/mol. The smallest absolute Gasteiger partial charge is 0.266 e. The predicted octanol–water partition coefficient (Wildman–Crippen LogP) is 2.81. The van der Waals surface area contributed by atoms with Gasteiger partial charge in [0.05, 0.1) is 23.4 Å². The lowest BCUT2D eigenvalue weighted by Crippen LogP contribution is -2.57. The monoisotopic (exact) mass is 541 g/mol. The van der Waals surface area contributed by atoms with Crippen molar-refractivity contribution >= 4 is 11.7 Å². The molecule has 0 bridgehead atoms. The van der Waals surface area contributed by atoms with Gasteiger partial charge in [0.25, 0.3) is 5.56 Å². The van der Waals surface area contributed by atoms with Crippen LogP contribution in [0.3, 0.4) is 0 Å². The summed E-state index contributed by atoms with van der Waals surface area (Å²) < 4.78 is 43.3. The topological polar surface area (TPSA) is 91.6 Å². The number of hydrogen-bond donors (Lipinski definition) is 1. The van der Waals surface area contributed by atoms with Crippen LogP contribution in [0.25, 0.3) is 0 Å². The van der Waals surface area contributed by atoms with E-state index < -0.39 is 34.9 Å². The Kier molecular flexibility index (Phi) is 6.96. The summed E-state index contributed by atoms with van der Waals surface area (Å²) >= 11 is 0. The first kappa shape index (κ1) is 26.9. The molecule has 11 heteroatoms. The number of rotatable bonds is 4. The summed E-state index contributed by atoms with van der Waals surface area (Å²) in [6, 6.07) is 9.41. The number of anilines is 1. The van der Waals surface area contributed by atoms with Crippen LogP contribution in [0.1, 0.15) is 31.0 Å². The molecular formula is C28H30F3N5O3. The molecule has 1 N–H and O–H groups in total. The van der Waals surface area contributed by atoms with Crippen LogP contribution in [0.2, 0.25) is 0 Å². The van der Waals surface area contributed by atoms with Crippen molar-refractivity contribution in [2.24, 2.45) is 24.8 Å². The number of nitrogens with zero attached hydrogens (tertiary/aromatic N) is 5. The molecule has 4 unspecified atom stereocenters. The quantitative estimate of drug-likeness (QED) is 0.547. The zero-order chi connectivity index (χ0) is 28.1. The molecule has 2 aliphatic heterocycles. The number of hydrogen-bond acceptors (Lipinski definition) is 6. The van der Waals surface area contributed by atoms with Crippen LogP contribution < -0.4 is 10.5 Å². The Morgan fingerprint density at radius 1 is 0.974 bits per heavy atom. The number of likely N-dealkylation sites (tertiary alicyclic amines) is 1. The van der Waals surface area contributed by atoms with Crippen molar-refractivity contribution in [3.05, 3.63) is 87.7 Å². The highest BCUT2D eigenvalue weighted by Crippen LogP contribution is 2.43. The number of aryl methyl sites for hydroxylation is 1. The fourth-order valence-electron chi connectivity index (χ4n) is 6.07. The number of pyridine rings is 1. The first-order chi connectivity index (χ1) is 18.5. The Morgan fingerprint density at radius 2 is 1.64 bits per heavy atom. The van der Waals surface area contributed by atoms with E-state index in [4.69, 9.17) is 0 Å². The van der Waals surface area contributed by atoms with E-state index in [1.165, 1.54) is 29.9 Å². The van der Waals surface area contributed by atoms with Crippen molar-refractivity contribution in [3.8, 4) is 0 Å². The summed E-state index contributed by atoms with van der Waals surface area (Å²) in [7, 11) is 1.52.